The van der Waals surface area contributed by atoms with Gasteiger partial charge >= 0.3 is 0 Å². The molecule has 2 saturated heterocycles. The number of aromatic nitrogens is 1. The first-order chi connectivity index (χ1) is 13.8. The summed E-state index contributed by atoms with van der Waals surface area (Å²) in [6, 6.07) is 14.0. The van der Waals surface area contributed by atoms with Crippen molar-refractivity contribution < 1.29 is 9.13 Å². The van der Waals surface area contributed by atoms with Crippen LogP contribution in [0, 0.1) is 5.82 Å². The van der Waals surface area contributed by atoms with E-state index in [-0.39, 0.29) is 5.82 Å². The molecule has 2 aliphatic heterocycles. The number of hydrogen-bond acceptors (Lipinski definition) is 3. The van der Waals surface area contributed by atoms with E-state index in [0.717, 1.165) is 63.1 Å². The molecule has 2 aliphatic rings. The number of rotatable bonds is 3. The highest BCUT2D eigenvalue weighted by Gasteiger charge is 2.23. The van der Waals surface area contributed by atoms with Crippen molar-refractivity contribution in [1.82, 2.24) is 4.98 Å². The third-order valence-corrected chi connectivity index (χ3v) is 6.20. The Hall–Kier alpha value is -2.53. The fourth-order valence-corrected chi connectivity index (χ4v) is 4.60. The van der Waals surface area contributed by atoms with E-state index in [9.17, 15) is 4.39 Å². The maximum absolute atomic E-state index is 13.7. The van der Waals surface area contributed by atoms with Gasteiger partial charge in [0.2, 0.25) is 0 Å². The summed E-state index contributed by atoms with van der Waals surface area (Å²) in [4.78, 5) is 8.15. The van der Waals surface area contributed by atoms with Crippen LogP contribution in [0.25, 0.3) is 10.9 Å². The predicted octanol–water partition coefficient (Wildman–Crippen LogP) is 4.53. The maximum Gasteiger partial charge on any atom is 0.123 e. The van der Waals surface area contributed by atoms with Crippen LogP contribution in [-0.4, -0.2) is 44.4 Å². The topological polar surface area (TPSA) is 31.5 Å². The molecule has 0 spiro atoms. The van der Waals surface area contributed by atoms with Crippen LogP contribution >= 0.6 is 0 Å². The lowest BCUT2D eigenvalue weighted by Gasteiger charge is -2.34. The zero-order valence-electron chi connectivity index (χ0n) is 16.0. The van der Waals surface area contributed by atoms with Crippen LogP contribution in [0.2, 0.25) is 0 Å². The fraction of sp³-hybridized carbons (Fsp3) is 0.391. The summed E-state index contributed by atoms with van der Waals surface area (Å²) in [6.45, 7) is 5.62. The lowest BCUT2D eigenvalue weighted by atomic mass is 9.89. The number of aromatic amines is 1. The van der Waals surface area contributed by atoms with E-state index >= 15 is 0 Å². The second-order valence-corrected chi connectivity index (χ2v) is 7.81. The van der Waals surface area contributed by atoms with Crippen molar-refractivity contribution in [1.29, 1.82) is 0 Å². The molecule has 3 aromatic rings. The van der Waals surface area contributed by atoms with Crippen molar-refractivity contribution in [3.05, 3.63) is 60.0 Å². The van der Waals surface area contributed by atoms with Gasteiger partial charge in [-0.05, 0) is 66.8 Å². The number of nitrogens with one attached hydrogen (secondary N) is 1. The minimum atomic E-state index is -0.161. The lowest BCUT2D eigenvalue weighted by molar-refractivity contribution is 0.122. The van der Waals surface area contributed by atoms with E-state index in [1.807, 2.05) is 6.07 Å². The Bertz CT molecular complexity index is 938. The van der Waals surface area contributed by atoms with Crippen molar-refractivity contribution in [2.45, 2.75) is 18.8 Å². The Labute approximate surface area is 164 Å². The summed E-state index contributed by atoms with van der Waals surface area (Å²) in [7, 11) is 0. The maximum atomic E-state index is 13.7. The predicted molar refractivity (Wildman–Crippen MR) is 112 cm³/mol. The molecule has 2 aromatic carbocycles. The molecule has 0 atom stereocenters. The van der Waals surface area contributed by atoms with Crippen LogP contribution in [-0.2, 0) is 4.74 Å². The van der Waals surface area contributed by atoms with Gasteiger partial charge < -0.3 is 19.5 Å². The number of anilines is 2. The van der Waals surface area contributed by atoms with Gasteiger partial charge in [-0.1, -0.05) is 0 Å². The van der Waals surface area contributed by atoms with Gasteiger partial charge in [-0.2, -0.15) is 0 Å². The molecule has 2 fully saturated rings. The average Bonchev–Trinajstić information content (AvgIpc) is 3.18. The largest absolute Gasteiger partial charge is 0.378 e. The van der Waals surface area contributed by atoms with E-state index in [2.05, 4.69) is 45.2 Å². The highest BCUT2D eigenvalue weighted by Crippen LogP contribution is 2.35. The molecule has 4 nitrogen and oxygen atoms in total. The van der Waals surface area contributed by atoms with Gasteiger partial charge in [-0.15, -0.1) is 0 Å². The minimum Gasteiger partial charge on any atom is -0.378 e. The normalized spacial score (nSPS) is 18.8. The molecule has 0 aliphatic carbocycles. The number of H-pyrrole nitrogens is 1. The summed E-state index contributed by atoms with van der Waals surface area (Å²) in [5.74, 6) is 0.325. The third kappa shape index (κ3) is 3.35. The molecular formula is C23H26FN3O. The number of piperidine rings is 1. The van der Waals surface area contributed by atoms with E-state index in [1.165, 1.54) is 23.0 Å². The molecule has 0 radical (unpaired) electrons. The number of hydrogen-bond donors (Lipinski definition) is 1. The van der Waals surface area contributed by atoms with Crippen molar-refractivity contribution in [2.75, 3.05) is 49.2 Å². The van der Waals surface area contributed by atoms with Crippen LogP contribution in [0.4, 0.5) is 15.8 Å². The summed E-state index contributed by atoms with van der Waals surface area (Å²) in [6.07, 6.45) is 4.25. The summed E-state index contributed by atoms with van der Waals surface area (Å²) in [5, 5.41) is 1.04. The molecule has 5 heteroatoms. The Morgan fingerprint density at radius 1 is 0.857 bits per heavy atom. The standard InChI is InChI=1S/C23H26FN3O/c24-18-1-6-23-21(15-18)22(16-25-23)17-7-9-26(10-8-17)19-2-4-20(5-3-19)27-11-13-28-14-12-27/h1-6,15-17,25H,7-14H2. The Morgan fingerprint density at radius 2 is 1.50 bits per heavy atom. The number of ether oxygens (including phenoxy) is 1. The first-order valence-electron chi connectivity index (χ1n) is 10.2. The first-order valence-corrected chi connectivity index (χ1v) is 10.2. The lowest BCUT2D eigenvalue weighted by Crippen LogP contribution is -2.36. The van der Waals surface area contributed by atoms with Crippen LogP contribution < -0.4 is 9.80 Å². The van der Waals surface area contributed by atoms with Gasteiger partial charge in [-0.25, -0.2) is 4.39 Å². The molecule has 0 unspecified atom stereocenters. The van der Waals surface area contributed by atoms with Crippen molar-refractivity contribution in [3.63, 3.8) is 0 Å². The molecule has 0 saturated carbocycles. The Balaban J connectivity index is 1.26. The second kappa shape index (κ2) is 7.47. The van der Waals surface area contributed by atoms with Gasteiger partial charge in [0.1, 0.15) is 5.82 Å². The molecule has 146 valence electrons. The molecule has 1 N–H and O–H groups in total. The SMILES string of the molecule is Fc1ccc2[nH]cc(C3CCN(c4ccc(N5CCOCC5)cc4)CC3)c2c1. The smallest absolute Gasteiger partial charge is 0.123 e. The Kier molecular flexibility index (Phi) is 4.69. The van der Waals surface area contributed by atoms with Crippen molar-refractivity contribution in [2.24, 2.45) is 0 Å². The van der Waals surface area contributed by atoms with E-state index < -0.39 is 0 Å². The molecule has 5 rings (SSSR count). The van der Waals surface area contributed by atoms with Crippen LogP contribution in [0.5, 0.6) is 0 Å². The van der Waals surface area contributed by atoms with E-state index in [1.54, 1.807) is 6.07 Å². The quantitative estimate of drug-likeness (QED) is 0.726. The van der Waals surface area contributed by atoms with E-state index in [0.29, 0.717) is 5.92 Å². The van der Waals surface area contributed by atoms with Crippen molar-refractivity contribution in [3.8, 4) is 0 Å². The average molecular weight is 379 g/mol. The van der Waals surface area contributed by atoms with E-state index in [4.69, 9.17) is 4.74 Å². The third-order valence-electron chi connectivity index (χ3n) is 6.20. The second-order valence-electron chi connectivity index (χ2n) is 7.81. The zero-order chi connectivity index (χ0) is 18.9. The first kappa shape index (κ1) is 17.6. The summed E-state index contributed by atoms with van der Waals surface area (Å²) >= 11 is 0. The highest BCUT2D eigenvalue weighted by atomic mass is 19.1. The monoisotopic (exact) mass is 379 g/mol. The zero-order valence-corrected chi connectivity index (χ0v) is 16.0. The fourth-order valence-electron chi connectivity index (χ4n) is 4.60. The summed E-state index contributed by atoms with van der Waals surface area (Å²) < 4.78 is 19.1. The van der Waals surface area contributed by atoms with Gasteiger partial charge in [0.25, 0.3) is 0 Å². The van der Waals surface area contributed by atoms with Gasteiger partial charge in [0.15, 0.2) is 0 Å². The molecule has 0 amide bonds. The number of morpholine rings is 1. The van der Waals surface area contributed by atoms with Gasteiger partial charge in [0, 0.05) is 54.7 Å². The number of benzene rings is 2. The van der Waals surface area contributed by atoms with Gasteiger partial charge in [0.05, 0.1) is 13.2 Å². The van der Waals surface area contributed by atoms with Crippen LogP contribution in [0.15, 0.2) is 48.7 Å². The molecule has 3 heterocycles. The van der Waals surface area contributed by atoms with Gasteiger partial charge in [-0.3, -0.25) is 0 Å². The number of nitrogens with zero attached hydrogens (tertiary/aromatic N) is 2. The molecule has 28 heavy (non-hydrogen) atoms. The van der Waals surface area contributed by atoms with Crippen molar-refractivity contribution >= 4 is 22.3 Å². The number of halogens is 1. The van der Waals surface area contributed by atoms with Crippen LogP contribution in [0.1, 0.15) is 24.3 Å². The van der Waals surface area contributed by atoms with Crippen LogP contribution in [0.3, 0.4) is 0 Å². The summed E-state index contributed by atoms with van der Waals surface area (Å²) in [5.41, 5.74) is 4.86. The molecule has 0 bridgehead atoms. The number of fused-ring (bicyclic) bond motifs is 1. The molecule has 1 aromatic heterocycles. The molecular weight excluding hydrogens is 353 g/mol. The highest BCUT2D eigenvalue weighted by molar-refractivity contribution is 5.83. The minimum absolute atomic E-state index is 0.161. The Morgan fingerprint density at radius 3 is 2.18 bits per heavy atom.